The van der Waals surface area contributed by atoms with Gasteiger partial charge < -0.3 is 9.47 Å². The second-order valence-corrected chi connectivity index (χ2v) is 8.81. The lowest BCUT2D eigenvalue weighted by Crippen LogP contribution is -2.49. The van der Waals surface area contributed by atoms with E-state index in [0.29, 0.717) is 6.04 Å². The number of imidazole rings is 1. The number of nitrogens with zero attached hydrogens (tertiary/aromatic N) is 4. The van der Waals surface area contributed by atoms with Crippen LogP contribution in [-0.2, 0) is 19.4 Å². The minimum atomic E-state index is 0.494. The van der Waals surface area contributed by atoms with Gasteiger partial charge in [-0.15, -0.1) is 0 Å². The molecule has 1 fully saturated rings. The van der Waals surface area contributed by atoms with Crippen molar-refractivity contribution in [2.45, 2.75) is 39.3 Å². The highest BCUT2D eigenvalue weighted by molar-refractivity contribution is 6.31. The highest BCUT2D eigenvalue weighted by Crippen LogP contribution is 2.21. The molecule has 0 radical (unpaired) electrons. The Morgan fingerprint density at radius 1 is 1.03 bits per heavy atom. The van der Waals surface area contributed by atoms with Gasteiger partial charge in [0.1, 0.15) is 5.82 Å². The molecule has 1 atom stereocenters. The zero-order chi connectivity index (χ0) is 20.4. The average molecular weight is 411 g/mol. The van der Waals surface area contributed by atoms with Gasteiger partial charge in [-0.05, 0) is 56.6 Å². The zero-order valence-electron chi connectivity index (χ0n) is 17.7. The predicted molar refractivity (Wildman–Crippen MR) is 122 cm³/mol. The number of hydrogen-bond donors (Lipinski definition) is 0. The number of hydrogen-bond acceptors (Lipinski definition) is 3. The molecule has 154 valence electrons. The van der Waals surface area contributed by atoms with Crippen molar-refractivity contribution in [1.29, 1.82) is 0 Å². The van der Waals surface area contributed by atoms with Gasteiger partial charge in [-0.1, -0.05) is 35.9 Å². The molecular weight excluding hydrogens is 380 g/mol. The first-order valence-electron chi connectivity index (χ1n) is 10.6. The van der Waals surface area contributed by atoms with Crippen molar-refractivity contribution in [3.8, 4) is 0 Å². The van der Waals surface area contributed by atoms with Crippen molar-refractivity contribution in [2.75, 3.05) is 33.2 Å². The molecule has 4 rings (SSSR count). The van der Waals surface area contributed by atoms with Crippen LogP contribution in [0.25, 0.3) is 11.0 Å². The van der Waals surface area contributed by atoms with Gasteiger partial charge in [0, 0.05) is 50.2 Å². The van der Waals surface area contributed by atoms with Gasteiger partial charge in [0.15, 0.2) is 0 Å². The summed E-state index contributed by atoms with van der Waals surface area (Å²) < 4.78 is 2.44. The number of benzene rings is 2. The first-order valence-corrected chi connectivity index (χ1v) is 11.0. The highest BCUT2D eigenvalue weighted by Gasteiger charge is 2.21. The molecule has 0 saturated carbocycles. The monoisotopic (exact) mass is 410 g/mol. The van der Waals surface area contributed by atoms with Gasteiger partial charge in [-0.3, -0.25) is 4.90 Å². The summed E-state index contributed by atoms with van der Waals surface area (Å²) in [5.74, 6) is 1.17. The lowest BCUT2D eigenvalue weighted by Gasteiger charge is -2.36. The van der Waals surface area contributed by atoms with Crippen LogP contribution in [0.15, 0.2) is 42.5 Å². The molecule has 3 aromatic rings. The highest BCUT2D eigenvalue weighted by atomic mass is 35.5. The molecule has 1 aliphatic heterocycles. The van der Waals surface area contributed by atoms with Crippen LogP contribution in [0.4, 0.5) is 0 Å². The van der Waals surface area contributed by atoms with E-state index in [2.05, 4.69) is 70.8 Å². The van der Waals surface area contributed by atoms with Crippen molar-refractivity contribution in [2.24, 2.45) is 0 Å². The maximum absolute atomic E-state index is 6.33. The number of halogens is 1. The maximum atomic E-state index is 6.33. The van der Waals surface area contributed by atoms with Crippen LogP contribution in [0.3, 0.4) is 0 Å². The summed E-state index contributed by atoms with van der Waals surface area (Å²) >= 11 is 6.33. The van der Waals surface area contributed by atoms with Crippen molar-refractivity contribution in [3.05, 3.63) is 64.4 Å². The van der Waals surface area contributed by atoms with Crippen LogP contribution in [-0.4, -0.2) is 58.6 Å². The van der Waals surface area contributed by atoms with Gasteiger partial charge in [0.05, 0.1) is 11.0 Å². The molecule has 2 aromatic carbocycles. The third-order valence-electron chi connectivity index (χ3n) is 6.22. The van der Waals surface area contributed by atoms with Gasteiger partial charge in [0.25, 0.3) is 0 Å². The normalized spacial score (nSPS) is 17.1. The summed E-state index contributed by atoms with van der Waals surface area (Å²) in [7, 11) is 2.21. The molecule has 4 nitrogen and oxygen atoms in total. The number of rotatable bonds is 6. The van der Waals surface area contributed by atoms with Crippen LogP contribution in [0.1, 0.15) is 23.9 Å². The molecule has 5 heteroatoms. The lowest BCUT2D eigenvalue weighted by atomic mass is 10.1. The number of fused-ring (bicyclic) bond motifs is 1. The fourth-order valence-electron chi connectivity index (χ4n) is 4.21. The largest absolute Gasteiger partial charge is 0.326 e. The molecular formula is C24H31ClN4. The Hall–Kier alpha value is -1.88. The summed E-state index contributed by atoms with van der Waals surface area (Å²) in [6.45, 7) is 9.96. The Balaban J connectivity index is 1.54. The Labute approximate surface area is 179 Å². The topological polar surface area (TPSA) is 24.3 Å². The van der Waals surface area contributed by atoms with E-state index >= 15 is 0 Å². The van der Waals surface area contributed by atoms with E-state index in [9.17, 15) is 0 Å². The second kappa shape index (κ2) is 8.86. The van der Waals surface area contributed by atoms with E-state index in [1.807, 2.05) is 6.92 Å². The Bertz CT molecular complexity index is 972. The first kappa shape index (κ1) is 20.4. The molecule has 2 heterocycles. The van der Waals surface area contributed by atoms with Crippen LogP contribution in [0.5, 0.6) is 0 Å². The third kappa shape index (κ3) is 4.66. The molecule has 0 unspecified atom stereocenters. The molecule has 0 amide bonds. The quantitative estimate of drug-likeness (QED) is 0.601. The molecule has 0 spiro atoms. The Morgan fingerprint density at radius 2 is 1.79 bits per heavy atom. The summed E-state index contributed by atoms with van der Waals surface area (Å²) in [6, 6.07) is 15.4. The Morgan fingerprint density at radius 3 is 2.55 bits per heavy atom. The van der Waals surface area contributed by atoms with Crippen LogP contribution >= 0.6 is 11.6 Å². The van der Waals surface area contributed by atoms with Crippen LogP contribution in [0.2, 0.25) is 5.02 Å². The van der Waals surface area contributed by atoms with E-state index in [1.165, 1.54) is 16.9 Å². The first-order chi connectivity index (χ1) is 14.0. The van der Waals surface area contributed by atoms with Crippen molar-refractivity contribution < 1.29 is 0 Å². The molecule has 1 aliphatic rings. The molecule has 29 heavy (non-hydrogen) atoms. The van der Waals surface area contributed by atoms with E-state index in [4.69, 9.17) is 16.6 Å². The Kier molecular flexibility index (Phi) is 6.23. The second-order valence-electron chi connectivity index (χ2n) is 8.40. The van der Waals surface area contributed by atoms with Gasteiger partial charge >= 0.3 is 0 Å². The standard InChI is InChI=1S/C24H31ClN4/c1-18-8-9-20(16-21(18)25)10-11-24-26-22-6-4-5-7-23(22)29(24)17-19(2)28-14-12-27(3)13-15-28/h4-9,16,19H,10-15,17H2,1-3H3/t19-/m0/s1. The fourth-order valence-corrected chi connectivity index (χ4v) is 4.41. The smallest absolute Gasteiger partial charge is 0.110 e. The third-order valence-corrected chi connectivity index (χ3v) is 6.62. The number of aryl methyl sites for hydroxylation is 3. The van der Waals surface area contributed by atoms with Crippen LogP contribution in [0, 0.1) is 6.92 Å². The van der Waals surface area contributed by atoms with Crippen molar-refractivity contribution in [1.82, 2.24) is 19.4 Å². The number of likely N-dealkylation sites (N-methyl/N-ethyl adjacent to an activating group) is 1. The molecule has 1 saturated heterocycles. The molecule has 1 aromatic heterocycles. The molecule has 0 aliphatic carbocycles. The van der Waals surface area contributed by atoms with Crippen molar-refractivity contribution in [3.63, 3.8) is 0 Å². The summed E-state index contributed by atoms with van der Waals surface area (Å²) in [5, 5.41) is 0.847. The van der Waals surface area contributed by atoms with E-state index in [-0.39, 0.29) is 0 Å². The summed E-state index contributed by atoms with van der Waals surface area (Å²) in [5.41, 5.74) is 4.73. The number of aromatic nitrogens is 2. The lowest BCUT2D eigenvalue weighted by molar-refractivity contribution is 0.110. The SMILES string of the molecule is Cc1ccc(CCc2nc3ccccc3n2C[C@H](C)N2CCN(C)CC2)cc1Cl. The minimum absolute atomic E-state index is 0.494. The average Bonchev–Trinajstić information content (AvgIpc) is 3.07. The van der Waals surface area contributed by atoms with Gasteiger partial charge in [-0.25, -0.2) is 4.98 Å². The van der Waals surface area contributed by atoms with E-state index in [0.717, 1.165) is 61.7 Å². The zero-order valence-corrected chi connectivity index (χ0v) is 18.5. The fraction of sp³-hybridized carbons (Fsp3) is 0.458. The van der Waals surface area contributed by atoms with E-state index < -0.39 is 0 Å². The maximum Gasteiger partial charge on any atom is 0.110 e. The summed E-state index contributed by atoms with van der Waals surface area (Å²) in [6.07, 6.45) is 1.87. The van der Waals surface area contributed by atoms with Gasteiger partial charge in [-0.2, -0.15) is 0 Å². The van der Waals surface area contributed by atoms with E-state index in [1.54, 1.807) is 0 Å². The predicted octanol–water partition coefficient (Wildman–Crippen LogP) is 4.42. The summed E-state index contributed by atoms with van der Waals surface area (Å²) in [4.78, 5) is 10.0. The molecule has 0 bridgehead atoms. The molecule has 0 N–H and O–H groups in total. The van der Waals surface area contributed by atoms with Crippen molar-refractivity contribution >= 4 is 22.6 Å². The number of para-hydroxylation sites is 2. The van der Waals surface area contributed by atoms with Crippen LogP contribution < -0.4 is 0 Å². The van der Waals surface area contributed by atoms with Gasteiger partial charge in [0.2, 0.25) is 0 Å². The minimum Gasteiger partial charge on any atom is -0.326 e. The number of piperazine rings is 1.